The number of aryl methyl sites for hydroxylation is 1. The lowest BCUT2D eigenvalue weighted by atomic mass is 10.2. The van der Waals surface area contributed by atoms with Crippen molar-refractivity contribution in [2.24, 2.45) is 4.99 Å². The zero-order valence-electron chi connectivity index (χ0n) is 17.2. The molecule has 1 amide bonds. The molecule has 3 aromatic rings. The minimum atomic E-state index is -0.328. The van der Waals surface area contributed by atoms with E-state index in [1.807, 2.05) is 37.3 Å². The van der Waals surface area contributed by atoms with Gasteiger partial charge in [0.15, 0.2) is 11.5 Å². The minimum Gasteiger partial charge on any atom is -0.495 e. The van der Waals surface area contributed by atoms with Crippen LogP contribution in [0.3, 0.4) is 0 Å². The van der Waals surface area contributed by atoms with E-state index in [9.17, 15) is 4.79 Å². The molecule has 1 aromatic heterocycles. The van der Waals surface area contributed by atoms with E-state index in [-0.39, 0.29) is 12.7 Å². The van der Waals surface area contributed by atoms with Crippen LogP contribution in [0.15, 0.2) is 65.9 Å². The molecule has 2 aromatic carbocycles. The number of aliphatic imine (C=N–C) groups is 1. The summed E-state index contributed by atoms with van der Waals surface area (Å²) >= 11 is 0. The zero-order valence-corrected chi connectivity index (χ0v) is 17.2. The number of benzene rings is 2. The average molecular weight is 418 g/mol. The van der Waals surface area contributed by atoms with Crippen LogP contribution < -0.4 is 24.8 Å². The summed E-state index contributed by atoms with van der Waals surface area (Å²) in [5.74, 6) is 1.76. The number of hydrogen-bond acceptors (Lipinski definition) is 6. The van der Waals surface area contributed by atoms with Crippen LogP contribution in [-0.4, -0.2) is 30.8 Å². The van der Waals surface area contributed by atoms with Crippen LogP contribution in [0.5, 0.6) is 17.2 Å². The number of rotatable bonds is 5. The Bertz CT molecular complexity index is 1120. The second-order valence-corrected chi connectivity index (χ2v) is 6.87. The summed E-state index contributed by atoms with van der Waals surface area (Å²) in [5, 5.41) is 6.03. The first-order valence-electron chi connectivity index (χ1n) is 9.68. The molecule has 0 bridgehead atoms. The molecule has 0 unspecified atom stereocenters. The number of hydrogen-bond donors (Lipinski definition) is 2. The first-order chi connectivity index (χ1) is 15.1. The summed E-state index contributed by atoms with van der Waals surface area (Å²) in [4.78, 5) is 21.5. The van der Waals surface area contributed by atoms with Crippen molar-refractivity contribution in [1.29, 1.82) is 0 Å². The van der Waals surface area contributed by atoms with Gasteiger partial charge in [-0.2, -0.15) is 0 Å². The van der Waals surface area contributed by atoms with Crippen molar-refractivity contribution in [3.05, 3.63) is 77.6 Å². The number of amides is 1. The molecule has 0 saturated carbocycles. The molecule has 2 N–H and O–H groups in total. The van der Waals surface area contributed by atoms with Gasteiger partial charge in [0.1, 0.15) is 5.75 Å². The molecule has 0 aliphatic carbocycles. The van der Waals surface area contributed by atoms with E-state index in [4.69, 9.17) is 14.2 Å². The fourth-order valence-corrected chi connectivity index (χ4v) is 3.03. The number of anilines is 1. The highest BCUT2D eigenvalue weighted by atomic mass is 16.7. The monoisotopic (exact) mass is 418 g/mol. The number of pyridine rings is 1. The summed E-state index contributed by atoms with van der Waals surface area (Å²) in [6.45, 7) is 2.48. The second-order valence-electron chi connectivity index (χ2n) is 6.87. The Balaban J connectivity index is 1.59. The van der Waals surface area contributed by atoms with Gasteiger partial charge in [-0.1, -0.05) is 6.07 Å². The average Bonchev–Trinajstić information content (AvgIpc) is 3.26. The van der Waals surface area contributed by atoms with Crippen LogP contribution in [0.2, 0.25) is 0 Å². The highest BCUT2D eigenvalue weighted by Crippen LogP contribution is 2.32. The largest absolute Gasteiger partial charge is 0.495 e. The van der Waals surface area contributed by atoms with Crippen molar-refractivity contribution < 1.29 is 19.0 Å². The number of carbonyl (C=O) groups is 1. The molecule has 0 spiro atoms. The van der Waals surface area contributed by atoms with Gasteiger partial charge in [0.2, 0.25) is 12.8 Å². The summed E-state index contributed by atoms with van der Waals surface area (Å²) in [6.07, 6.45) is 3.40. The van der Waals surface area contributed by atoms with E-state index in [1.54, 1.807) is 37.7 Å². The molecule has 8 nitrogen and oxygen atoms in total. The van der Waals surface area contributed by atoms with Crippen molar-refractivity contribution in [3.63, 3.8) is 0 Å². The smallest absolute Gasteiger partial charge is 0.258 e. The van der Waals surface area contributed by atoms with E-state index in [0.29, 0.717) is 41.0 Å². The Kier molecular flexibility index (Phi) is 5.98. The van der Waals surface area contributed by atoms with Gasteiger partial charge in [-0.05, 0) is 60.5 Å². The van der Waals surface area contributed by atoms with E-state index >= 15 is 0 Å². The molecule has 1 aliphatic rings. The lowest BCUT2D eigenvalue weighted by Gasteiger charge is -2.15. The molecule has 158 valence electrons. The first kappa shape index (κ1) is 20.2. The van der Waals surface area contributed by atoms with Crippen LogP contribution in [0.25, 0.3) is 0 Å². The molecule has 0 fully saturated rings. The third-order valence-electron chi connectivity index (χ3n) is 4.64. The third-order valence-corrected chi connectivity index (χ3v) is 4.64. The van der Waals surface area contributed by atoms with Crippen molar-refractivity contribution in [2.75, 3.05) is 19.2 Å². The van der Waals surface area contributed by atoms with Gasteiger partial charge < -0.3 is 19.5 Å². The van der Waals surface area contributed by atoms with E-state index in [0.717, 1.165) is 11.1 Å². The van der Waals surface area contributed by atoms with Gasteiger partial charge in [0.25, 0.3) is 5.91 Å². The SMILES string of the molecule is COc1ccc(C)cc1NC(=NCc1ccncc1)NC(=O)c1ccc2c(c1)OCO2. The fraction of sp³-hybridized carbons (Fsp3) is 0.174. The minimum absolute atomic E-state index is 0.147. The van der Waals surface area contributed by atoms with E-state index in [2.05, 4.69) is 20.6 Å². The van der Waals surface area contributed by atoms with Crippen molar-refractivity contribution >= 4 is 17.6 Å². The van der Waals surface area contributed by atoms with Crippen LogP contribution in [0, 0.1) is 6.92 Å². The number of fused-ring (bicyclic) bond motifs is 1. The second kappa shape index (κ2) is 9.17. The fourth-order valence-electron chi connectivity index (χ4n) is 3.03. The van der Waals surface area contributed by atoms with Crippen molar-refractivity contribution in [3.8, 4) is 17.2 Å². The van der Waals surface area contributed by atoms with Gasteiger partial charge in [0, 0.05) is 18.0 Å². The van der Waals surface area contributed by atoms with E-state index < -0.39 is 0 Å². The predicted molar refractivity (Wildman–Crippen MR) is 117 cm³/mol. The molecule has 2 heterocycles. The lowest BCUT2D eigenvalue weighted by molar-refractivity contribution is 0.0976. The molecular weight excluding hydrogens is 396 g/mol. The van der Waals surface area contributed by atoms with Gasteiger partial charge >= 0.3 is 0 Å². The van der Waals surface area contributed by atoms with E-state index in [1.165, 1.54) is 0 Å². The molecule has 4 rings (SSSR count). The normalized spacial score (nSPS) is 12.4. The zero-order chi connectivity index (χ0) is 21.6. The number of nitrogens with one attached hydrogen (secondary N) is 2. The van der Waals surface area contributed by atoms with Crippen LogP contribution in [0.4, 0.5) is 5.69 Å². The van der Waals surface area contributed by atoms with Gasteiger partial charge in [-0.15, -0.1) is 0 Å². The Morgan fingerprint density at radius 1 is 1.10 bits per heavy atom. The Morgan fingerprint density at radius 2 is 1.90 bits per heavy atom. The van der Waals surface area contributed by atoms with Crippen LogP contribution >= 0.6 is 0 Å². The maximum atomic E-state index is 12.9. The third kappa shape index (κ3) is 4.92. The molecule has 0 atom stereocenters. The molecule has 8 heteroatoms. The molecule has 0 radical (unpaired) electrons. The maximum Gasteiger partial charge on any atom is 0.258 e. The Hall–Kier alpha value is -4.07. The Morgan fingerprint density at radius 3 is 2.71 bits per heavy atom. The quantitative estimate of drug-likeness (QED) is 0.486. The number of nitrogens with zero attached hydrogens (tertiary/aromatic N) is 2. The van der Waals surface area contributed by atoms with Gasteiger partial charge in [0.05, 0.1) is 19.3 Å². The number of aromatic nitrogens is 1. The highest BCUT2D eigenvalue weighted by Gasteiger charge is 2.17. The Labute approximate surface area is 179 Å². The van der Waals surface area contributed by atoms with Crippen molar-refractivity contribution in [1.82, 2.24) is 10.3 Å². The molecular formula is C23H22N4O4. The highest BCUT2D eigenvalue weighted by molar-refractivity contribution is 6.10. The number of guanidine groups is 1. The van der Waals surface area contributed by atoms with Gasteiger partial charge in [-0.3, -0.25) is 15.1 Å². The van der Waals surface area contributed by atoms with Crippen LogP contribution in [-0.2, 0) is 6.54 Å². The maximum absolute atomic E-state index is 12.9. The summed E-state index contributed by atoms with van der Waals surface area (Å²) in [5.41, 5.74) is 3.13. The number of ether oxygens (including phenoxy) is 3. The molecule has 0 saturated heterocycles. The number of carbonyl (C=O) groups excluding carboxylic acids is 1. The molecule has 1 aliphatic heterocycles. The van der Waals surface area contributed by atoms with Crippen LogP contribution in [0.1, 0.15) is 21.5 Å². The predicted octanol–water partition coefficient (Wildman–Crippen LogP) is 3.53. The standard InChI is InChI=1S/C23H22N4O4/c1-15-3-5-19(29-2)18(11-15)26-23(25-13-16-7-9-24-10-8-16)27-22(28)17-4-6-20-21(12-17)31-14-30-20/h3-12H,13-14H2,1-2H3,(H2,25,26,27,28). The first-order valence-corrected chi connectivity index (χ1v) is 9.68. The van der Waals surface area contributed by atoms with Crippen molar-refractivity contribution in [2.45, 2.75) is 13.5 Å². The summed E-state index contributed by atoms with van der Waals surface area (Å²) < 4.78 is 16.1. The van der Waals surface area contributed by atoms with Gasteiger partial charge in [-0.25, -0.2) is 4.99 Å². The summed E-state index contributed by atoms with van der Waals surface area (Å²) in [7, 11) is 1.59. The topological polar surface area (TPSA) is 94.1 Å². The summed E-state index contributed by atoms with van der Waals surface area (Å²) in [6, 6.07) is 14.5. The lowest BCUT2D eigenvalue weighted by Crippen LogP contribution is -2.36. The molecule has 31 heavy (non-hydrogen) atoms. The number of methoxy groups -OCH3 is 1.